The number of aromatic nitrogens is 2. The van der Waals surface area contributed by atoms with E-state index in [4.69, 9.17) is 15.2 Å². The van der Waals surface area contributed by atoms with Crippen molar-refractivity contribution in [1.29, 1.82) is 0 Å². The highest BCUT2D eigenvalue weighted by Crippen LogP contribution is 2.33. The Labute approximate surface area is 148 Å². The third kappa shape index (κ3) is 4.22. The Kier molecular flexibility index (Phi) is 5.75. The summed E-state index contributed by atoms with van der Waals surface area (Å²) < 4.78 is 10.7. The van der Waals surface area contributed by atoms with Crippen molar-refractivity contribution in [3.8, 4) is 11.5 Å². The molecule has 0 atom stereocenters. The number of nitrogens with one attached hydrogen (secondary N) is 1. The first kappa shape index (κ1) is 17.5. The number of rotatable bonds is 6. The minimum Gasteiger partial charge on any atom is -0.493 e. The molecule has 0 bridgehead atoms. The molecule has 0 unspecified atom stereocenters. The summed E-state index contributed by atoms with van der Waals surface area (Å²) >= 11 is 0. The average Bonchev–Trinajstić information content (AvgIpc) is 2.89. The van der Waals surface area contributed by atoms with Crippen molar-refractivity contribution in [3.63, 3.8) is 0 Å². The van der Waals surface area contributed by atoms with Gasteiger partial charge in [0.15, 0.2) is 11.5 Å². The van der Waals surface area contributed by atoms with E-state index < -0.39 is 0 Å². The number of nitrogens with zero attached hydrogens (tertiary/aromatic N) is 3. The van der Waals surface area contributed by atoms with Crippen LogP contribution in [0.4, 0.5) is 11.8 Å². The largest absolute Gasteiger partial charge is 0.493 e. The van der Waals surface area contributed by atoms with Gasteiger partial charge in [-0.25, -0.2) is 4.98 Å². The van der Waals surface area contributed by atoms with Crippen LogP contribution in [-0.2, 0) is 0 Å². The third-order valence-electron chi connectivity index (χ3n) is 4.64. The second kappa shape index (κ2) is 8.20. The van der Waals surface area contributed by atoms with Gasteiger partial charge in [-0.05, 0) is 32.0 Å². The van der Waals surface area contributed by atoms with Gasteiger partial charge in [0.25, 0.3) is 0 Å². The van der Waals surface area contributed by atoms with Gasteiger partial charge in [0.1, 0.15) is 5.82 Å². The zero-order valence-corrected chi connectivity index (χ0v) is 15.0. The number of fused-ring (bicyclic) bond motifs is 1. The lowest BCUT2D eigenvalue weighted by molar-refractivity contribution is 0.296. The van der Waals surface area contributed by atoms with E-state index >= 15 is 0 Å². The summed E-state index contributed by atoms with van der Waals surface area (Å²) in [4.78, 5) is 11.4. The van der Waals surface area contributed by atoms with E-state index in [9.17, 15) is 0 Å². The zero-order valence-electron chi connectivity index (χ0n) is 15.0. The standard InChI is InChI=1S/C18H27N5O2/c1-24-15-11-13-14(12-16(15)25-2)21-18(22-17(13)19)20-7-10-23-8-5-3-4-6-9-23/h11-12H,3-10H2,1-2H3,(H3,19,20,21,22). The van der Waals surface area contributed by atoms with Crippen molar-refractivity contribution in [2.75, 3.05) is 51.4 Å². The lowest BCUT2D eigenvalue weighted by atomic mass is 10.2. The van der Waals surface area contributed by atoms with Crippen molar-refractivity contribution >= 4 is 22.7 Å². The van der Waals surface area contributed by atoms with Gasteiger partial charge in [-0.15, -0.1) is 0 Å². The van der Waals surface area contributed by atoms with Crippen LogP contribution in [0.15, 0.2) is 12.1 Å². The van der Waals surface area contributed by atoms with Crippen LogP contribution >= 0.6 is 0 Å². The molecule has 1 aromatic heterocycles. The van der Waals surface area contributed by atoms with E-state index in [-0.39, 0.29) is 0 Å². The molecule has 2 heterocycles. The van der Waals surface area contributed by atoms with Crippen LogP contribution in [-0.4, -0.2) is 55.3 Å². The summed E-state index contributed by atoms with van der Waals surface area (Å²) in [5.41, 5.74) is 6.85. The summed E-state index contributed by atoms with van der Waals surface area (Å²) in [6, 6.07) is 3.64. The predicted molar refractivity (Wildman–Crippen MR) is 100 cm³/mol. The molecule has 0 aliphatic carbocycles. The van der Waals surface area contributed by atoms with Gasteiger partial charge in [0.05, 0.1) is 19.7 Å². The highest BCUT2D eigenvalue weighted by Gasteiger charge is 2.12. The van der Waals surface area contributed by atoms with Crippen LogP contribution < -0.4 is 20.5 Å². The average molecular weight is 345 g/mol. The molecule has 7 heteroatoms. The molecular formula is C18H27N5O2. The minimum absolute atomic E-state index is 0.434. The second-order valence-corrected chi connectivity index (χ2v) is 6.34. The molecule has 0 spiro atoms. The second-order valence-electron chi connectivity index (χ2n) is 6.34. The molecule has 0 saturated carbocycles. The van der Waals surface area contributed by atoms with E-state index in [0.717, 1.165) is 24.0 Å². The van der Waals surface area contributed by atoms with E-state index in [1.807, 2.05) is 12.1 Å². The normalized spacial score (nSPS) is 15.8. The van der Waals surface area contributed by atoms with Crippen LogP contribution in [0.2, 0.25) is 0 Å². The van der Waals surface area contributed by atoms with Crippen LogP contribution in [0, 0.1) is 0 Å². The molecule has 136 valence electrons. The van der Waals surface area contributed by atoms with Gasteiger partial charge < -0.3 is 25.4 Å². The van der Waals surface area contributed by atoms with E-state index in [1.165, 1.54) is 38.8 Å². The van der Waals surface area contributed by atoms with Crippen molar-refractivity contribution in [2.24, 2.45) is 0 Å². The summed E-state index contributed by atoms with van der Waals surface area (Å²) in [5.74, 6) is 2.23. The lowest BCUT2D eigenvalue weighted by Gasteiger charge is -2.19. The Morgan fingerprint density at radius 1 is 1.04 bits per heavy atom. The van der Waals surface area contributed by atoms with Crippen LogP contribution in [0.5, 0.6) is 11.5 Å². The number of ether oxygens (including phenoxy) is 2. The van der Waals surface area contributed by atoms with Gasteiger partial charge >= 0.3 is 0 Å². The molecule has 2 aromatic rings. The number of anilines is 2. The summed E-state index contributed by atoms with van der Waals surface area (Å²) in [5, 5.41) is 4.06. The summed E-state index contributed by atoms with van der Waals surface area (Å²) in [6.45, 7) is 4.16. The molecule has 0 radical (unpaired) electrons. The summed E-state index contributed by atoms with van der Waals surface area (Å²) in [7, 11) is 3.20. The number of methoxy groups -OCH3 is 2. The van der Waals surface area contributed by atoms with Crippen LogP contribution in [0.1, 0.15) is 25.7 Å². The maximum atomic E-state index is 6.11. The number of likely N-dealkylation sites (tertiary alicyclic amines) is 1. The number of nitrogens with two attached hydrogens (primary N) is 1. The van der Waals surface area contributed by atoms with Gasteiger partial charge in [0, 0.05) is 24.5 Å². The van der Waals surface area contributed by atoms with E-state index in [1.54, 1.807) is 14.2 Å². The Bertz CT molecular complexity index is 714. The maximum Gasteiger partial charge on any atom is 0.225 e. The maximum absolute atomic E-state index is 6.11. The molecule has 0 amide bonds. The zero-order chi connectivity index (χ0) is 17.6. The fourth-order valence-corrected chi connectivity index (χ4v) is 3.24. The summed E-state index contributed by atoms with van der Waals surface area (Å²) in [6.07, 6.45) is 5.28. The molecule has 1 fully saturated rings. The van der Waals surface area contributed by atoms with Crippen molar-refractivity contribution in [3.05, 3.63) is 12.1 Å². The Morgan fingerprint density at radius 3 is 2.40 bits per heavy atom. The number of benzene rings is 1. The fraction of sp³-hybridized carbons (Fsp3) is 0.556. The highest BCUT2D eigenvalue weighted by molar-refractivity contribution is 5.91. The fourth-order valence-electron chi connectivity index (χ4n) is 3.24. The Hall–Kier alpha value is -2.28. The minimum atomic E-state index is 0.434. The molecule has 3 N–H and O–H groups in total. The highest BCUT2D eigenvalue weighted by atomic mass is 16.5. The van der Waals surface area contributed by atoms with Crippen molar-refractivity contribution < 1.29 is 9.47 Å². The predicted octanol–water partition coefficient (Wildman–Crippen LogP) is 2.52. The van der Waals surface area contributed by atoms with Crippen molar-refractivity contribution in [1.82, 2.24) is 14.9 Å². The Balaban J connectivity index is 1.71. The molecule has 3 rings (SSSR count). The topological polar surface area (TPSA) is 85.5 Å². The third-order valence-corrected chi connectivity index (χ3v) is 4.64. The van der Waals surface area contributed by atoms with Crippen LogP contribution in [0.25, 0.3) is 10.9 Å². The first-order chi connectivity index (χ1) is 12.2. The SMILES string of the molecule is COc1cc2nc(NCCN3CCCCCC3)nc(N)c2cc1OC. The molecule has 25 heavy (non-hydrogen) atoms. The first-order valence-electron chi connectivity index (χ1n) is 8.86. The quantitative estimate of drug-likeness (QED) is 0.832. The molecular weight excluding hydrogens is 318 g/mol. The lowest BCUT2D eigenvalue weighted by Crippen LogP contribution is -2.30. The number of hydrogen-bond acceptors (Lipinski definition) is 7. The van der Waals surface area contributed by atoms with Gasteiger partial charge in [0.2, 0.25) is 5.95 Å². The molecule has 1 aromatic carbocycles. The monoisotopic (exact) mass is 345 g/mol. The first-order valence-corrected chi connectivity index (χ1v) is 8.86. The van der Waals surface area contributed by atoms with Gasteiger partial charge in [-0.2, -0.15) is 4.98 Å². The van der Waals surface area contributed by atoms with E-state index in [2.05, 4.69) is 20.2 Å². The molecule has 7 nitrogen and oxygen atoms in total. The molecule has 1 aliphatic heterocycles. The van der Waals surface area contributed by atoms with Gasteiger partial charge in [-0.1, -0.05) is 12.8 Å². The smallest absolute Gasteiger partial charge is 0.225 e. The Morgan fingerprint density at radius 2 is 1.72 bits per heavy atom. The molecule has 1 aliphatic rings. The van der Waals surface area contributed by atoms with Crippen LogP contribution in [0.3, 0.4) is 0 Å². The van der Waals surface area contributed by atoms with Gasteiger partial charge in [-0.3, -0.25) is 0 Å². The molecule has 1 saturated heterocycles. The number of nitrogen functional groups attached to an aromatic ring is 1. The van der Waals surface area contributed by atoms with E-state index in [0.29, 0.717) is 23.3 Å². The van der Waals surface area contributed by atoms with Crippen molar-refractivity contribution in [2.45, 2.75) is 25.7 Å². The number of hydrogen-bond donors (Lipinski definition) is 2.